The van der Waals surface area contributed by atoms with E-state index in [0.29, 0.717) is 5.56 Å². The largest absolute Gasteiger partial charge is 0.507 e. The maximum atomic E-state index is 11.3. The van der Waals surface area contributed by atoms with Crippen LogP contribution >= 0.6 is 0 Å². The van der Waals surface area contributed by atoms with Crippen molar-refractivity contribution in [3.05, 3.63) is 29.5 Å². The number of ketones is 1. The Morgan fingerprint density at radius 1 is 1.43 bits per heavy atom. The minimum atomic E-state index is -0.118. The van der Waals surface area contributed by atoms with Crippen molar-refractivity contribution in [1.29, 1.82) is 0 Å². The third kappa shape index (κ3) is 1.18. The number of aromatic amines is 1. The topological polar surface area (TPSA) is 53.1 Å². The molecule has 0 unspecified atom stereocenters. The van der Waals surface area contributed by atoms with E-state index in [0.717, 1.165) is 16.6 Å². The van der Waals surface area contributed by atoms with Gasteiger partial charge in [-0.15, -0.1) is 0 Å². The van der Waals surface area contributed by atoms with Crippen LogP contribution in [-0.4, -0.2) is 15.9 Å². The molecule has 1 aromatic heterocycles. The molecule has 0 aliphatic heterocycles. The lowest BCUT2D eigenvalue weighted by atomic mass is 10.1. The van der Waals surface area contributed by atoms with Gasteiger partial charge in [0.1, 0.15) is 5.75 Å². The zero-order valence-corrected chi connectivity index (χ0v) is 8.09. The number of phenolic OH excluding ortho intramolecular Hbond substituents is 1. The van der Waals surface area contributed by atoms with Crippen molar-refractivity contribution in [1.82, 2.24) is 4.98 Å². The van der Waals surface area contributed by atoms with Crippen LogP contribution in [0.1, 0.15) is 23.0 Å². The molecule has 0 fully saturated rings. The van der Waals surface area contributed by atoms with Gasteiger partial charge in [0.05, 0.1) is 5.56 Å². The summed E-state index contributed by atoms with van der Waals surface area (Å²) < 4.78 is 0. The zero-order valence-electron chi connectivity index (χ0n) is 8.09. The molecular formula is C11H11NO2. The van der Waals surface area contributed by atoms with Crippen LogP contribution < -0.4 is 0 Å². The molecule has 2 N–H and O–H groups in total. The zero-order chi connectivity index (χ0) is 10.3. The van der Waals surface area contributed by atoms with E-state index >= 15 is 0 Å². The summed E-state index contributed by atoms with van der Waals surface area (Å²) in [7, 11) is 0. The molecule has 0 aliphatic rings. The Morgan fingerprint density at radius 3 is 2.79 bits per heavy atom. The Morgan fingerprint density at radius 2 is 2.14 bits per heavy atom. The Bertz CT molecular complexity index is 511. The molecule has 1 aromatic carbocycles. The Labute approximate surface area is 81.4 Å². The number of carbonyl (C=O) groups is 1. The first-order valence-electron chi connectivity index (χ1n) is 4.42. The highest BCUT2D eigenvalue weighted by Crippen LogP contribution is 2.27. The number of H-pyrrole nitrogens is 1. The number of benzene rings is 1. The summed E-state index contributed by atoms with van der Waals surface area (Å²) in [4.78, 5) is 14.4. The highest BCUT2D eigenvalue weighted by molar-refractivity contribution is 6.08. The Hall–Kier alpha value is -1.77. The summed E-state index contributed by atoms with van der Waals surface area (Å²) in [6.07, 6.45) is 0. The molecule has 1 heterocycles. The van der Waals surface area contributed by atoms with Crippen molar-refractivity contribution < 1.29 is 9.90 Å². The second-order valence-electron chi connectivity index (χ2n) is 3.43. The van der Waals surface area contributed by atoms with E-state index in [1.54, 1.807) is 6.07 Å². The molecule has 0 saturated heterocycles. The van der Waals surface area contributed by atoms with Gasteiger partial charge in [0, 0.05) is 16.6 Å². The Kier molecular flexibility index (Phi) is 1.81. The highest BCUT2D eigenvalue weighted by atomic mass is 16.3. The number of Topliss-reactive ketones (excluding diaryl/α,β-unsaturated/α-hetero) is 1. The first kappa shape index (κ1) is 8.81. The average Bonchev–Trinajstić information content (AvgIpc) is 2.43. The fourth-order valence-corrected chi connectivity index (χ4v) is 1.70. The highest BCUT2D eigenvalue weighted by Gasteiger charge is 2.12. The maximum Gasteiger partial charge on any atom is 0.164 e. The monoisotopic (exact) mass is 189 g/mol. The van der Waals surface area contributed by atoms with E-state index < -0.39 is 0 Å². The van der Waals surface area contributed by atoms with Gasteiger partial charge in [-0.25, -0.2) is 0 Å². The molecule has 72 valence electrons. The molecule has 3 heteroatoms. The number of aromatic nitrogens is 1. The average molecular weight is 189 g/mol. The summed E-state index contributed by atoms with van der Waals surface area (Å²) in [5.74, 6) is -0.0731. The molecule has 0 spiro atoms. The smallest absolute Gasteiger partial charge is 0.164 e. The first-order chi connectivity index (χ1) is 6.59. The summed E-state index contributed by atoms with van der Waals surface area (Å²) in [5, 5.41) is 10.3. The van der Waals surface area contributed by atoms with Crippen LogP contribution in [0.3, 0.4) is 0 Å². The lowest BCUT2D eigenvalue weighted by molar-refractivity contribution is 0.101. The van der Waals surface area contributed by atoms with Crippen LogP contribution in [0, 0.1) is 6.92 Å². The maximum absolute atomic E-state index is 11.3. The summed E-state index contributed by atoms with van der Waals surface area (Å²) >= 11 is 0. The number of hydrogen-bond donors (Lipinski definition) is 2. The van der Waals surface area contributed by atoms with Crippen molar-refractivity contribution in [3.8, 4) is 5.75 Å². The third-order valence-electron chi connectivity index (χ3n) is 2.27. The van der Waals surface area contributed by atoms with E-state index in [2.05, 4.69) is 4.98 Å². The predicted molar refractivity (Wildman–Crippen MR) is 54.7 cm³/mol. The van der Waals surface area contributed by atoms with Crippen LogP contribution in [-0.2, 0) is 0 Å². The van der Waals surface area contributed by atoms with E-state index in [4.69, 9.17) is 0 Å². The van der Waals surface area contributed by atoms with E-state index in [1.165, 1.54) is 13.0 Å². The fraction of sp³-hybridized carbons (Fsp3) is 0.182. The fourth-order valence-electron chi connectivity index (χ4n) is 1.70. The van der Waals surface area contributed by atoms with Gasteiger partial charge in [0.25, 0.3) is 0 Å². The Balaban J connectivity index is 2.88. The molecule has 0 radical (unpaired) electrons. The summed E-state index contributed by atoms with van der Waals surface area (Å²) in [6.45, 7) is 3.37. The molecule has 0 saturated carbocycles. The van der Waals surface area contributed by atoms with E-state index in [9.17, 15) is 9.90 Å². The van der Waals surface area contributed by atoms with Crippen molar-refractivity contribution in [3.63, 3.8) is 0 Å². The number of carbonyl (C=O) groups excluding carboxylic acids is 1. The molecule has 0 amide bonds. The lowest BCUT2D eigenvalue weighted by Crippen LogP contribution is -1.93. The van der Waals surface area contributed by atoms with Gasteiger partial charge in [-0.3, -0.25) is 4.79 Å². The second kappa shape index (κ2) is 2.87. The summed E-state index contributed by atoms with van der Waals surface area (Å²) in [6, 6.07) is 5.17. The van der Waals surface area contributed by atoms with Gasteiger partial charge < -0.3 is 10.1 Å². The normalized spacial score (nSPS) is 10.7. The number of rotatable bonds is 1. The number of phenols is 1. The second-order valence-corrected chi connectivity index (χ2v) is 3.43. The SMILES string of the molecule is CC(=O)c1c(O)ccc2[nH]c(C)cc12. The van der Waals surface area contributed by atoms with E-state index in [-0.39, 0.29) is 11.5 Å². The molecule has 0 atom stereocenters. The molecular weight excluding hydrogens is 178 g/mol. The molecule has 2 rings (SSSR count). The van der Waals surface area contributed by atoms with Crippen LogP contribution in [0.25, 0.3) is 10.9 Å². The third-order valence-corrected chi connectivity index (χ3v) is 2.27. The number of hydrogen-bond acceptors (Lipinski definition) is 2. The molecule has 14 heavy (non-hydrogen) atoms. The van der Waals surface area contributed by atoms with Gasteiger partial charge in [-0.1, -0.05) is 0 Å². The predicted octanol–water partition coefficient (Wildman–Crippen LogP) is 2.38. The number of aromatic hydroxyl groups is 1. The van der Waals surface area contributed by atoms with Crippen LogP contribution in [0.15, 0.2) is 18.2 Å². The van der Waals surface area contributed by atoms with Gasteiger partial charge in [0.15, 0.2) is 5.78 Å². The molecule has 3 nitrogen and oxygen atoms in total. The number of fused-ring (bicyclic) bond motifs is 1. The lowest BCUT2D eigenvalue weighted by Gasteiger charge is -2.01. The minimum Gasteiger partial charge on any atom is -0.507 e. The van der Waals surface area contributed by atoms with Crippen molar-refractivity contribution in [2.45, 2.75) is 13.8 Å². The summed E-state index contributed by atoms with van der Waals surface area (Å²) in [5.41, 5.74) is 2.26. The van der Waals surface area contributed by atoms with Gasteiger partial charge in [0.2, 0.25) is 0 Å². The van der Waals surface area contributed by atoms with Crippen LogP contribution in [0.5, 0.6) is 5.75 Å². The molecule has 2 aromatic rings. The van der Waals surface area contributed by atoms with Gasteiger partial charge in [-0.05, 0) is 32.0 Å². The van der Waals surface area contributed by atoms with Crippen LogP contribution in [0.2, 0.25) is 0 Å². The van der Waals surface area contributed by atoms with E-state index in [1.807, 2.05) is 13.0 Å². The van der Waals surface area contributed by atoms with Crippen LogP contribution in [0.4, 0.5) is 0 Å². The van der Waals surface area contributed by atoms with Crippen molar-refractivity contribution in [2.24, 2.45) is 0 Å². The van der Waals surface area contributed by atoms with Gasteiger partial charge >= 0.3 is 0 Å². The quantitative estimate of drug-likeness (QED) is 0.677. The molecule has 0 aliphatic carbocycles. The standard InChI is InChI=1S/C11H11NO2/c1-6-5-8-9(12-6)3-4-10(14)11(8)7(2)13/h3-5,12,14H,1-2H3. The minimum absolute atomic E-state index is 0.0454. The number of nitrogens with one attached hydrogen (secondary N) is 1. The van der Waals surface area contributed by atoms with Gasteiger partial charge in [-0.2, -0.15) is 0 Å². The molecule has 0 bridgehead atoms. The van der Waals surface area contributed by atoms with Crippen molar-refractivity contribution >= 4 is 16.7 Å². The first-order valence-corrected chi connectivity index (χ1v) is 4.42. The van der Waals surface area contributed by atoms with Crippen molar-refractivity contribution in [2.75, 3.05) is 0 Å². The number of aryl methyl sites for hydroxylation is 1.